The molecule has 146 valence electrons. The van der Waals surface area contributed by atoms with E-state index in [0.29, 0.717) is 30.1 Å². The second kappa shape index (κ2) is 7.85. The first-order valence-corrected chi connectivity index (χ1v) is 10.7. The fourth-order valence-corrected chi connectivity index (χ4v) is 5.03. The lowest BCUT2D eigenvalue weighted by Gasteiger charge is -2.18. The lowest BCUT2D eigenvalue weighted by atomic mass is 10.2. The topological polar surface area (TPSA) is 110 Å². The quantitative estimate of drug-likeness (QED) is 0.717. The smallest absolute Gasteiger partial charge is 0.338 e. The van der Waals surface area contributed by atoms with Crippen LogP contribution < -0.4 is 10.2 Å². The van der Waals surface area contributed by atoms with Crippen molar-refractivity contribution in [2.45, 2.75) is 25.3 Å². The van der Waals surface area contributed by atoms with Gasteiger partial charge in [-0.15, -0.1) is 0 Å². The van der Waals surface area contributed by atoms with Crippen LogP contribution in [0.4, 0.5) is 5.69 Å². The second-order valence-electron chi connectivity index (χ2n) is 6.56. The van der Waals surface area contributed by atoms with E-state index in [1.54, 1.807) is 0 Å². The Morgan fingerprint density at radius 3 is 2.74 bits per heavy atom. The van der Waals surface area contributed by atoms with Gasteiger partial charge in [0.15, 0.2) is 16.4 Å². The Hall–Kier alpha value is -2.13. The molecule has 0 radical (unpaired) electrons. The van der Waals surface area contributed by atoms with Crippen LogP contribution in [0.1, 0.15) is 29.6 Å². The number of benzene rings is 1. The molecule has 3 rings (SSSR count). The van der Waals surface area contributed by atoms with Gasteiger partial charge in [-0.1, -0.05) is 11.6 Å². The van der Waals surface area contributed by atoms with Crippen LogP contribution in [0.3, 0.4) is 0 Å². The van der Waals surface area contributed by atoms with Gasteiger partial charge in [-0.05, 0) is 31.0 Å². The molecule has 8 nitrogen and oxygen atoms in total. The molecule has 2 amide bonds. The molecular formula is C17H19ClN2O6S. The number of halogens is 1. The van der Waals surface area contributed by atoms with Crippen LogP contribution in [0.5, 0.6) is 0 Å². The van der Waals surface area contributed by atoms with E-state index in [1.165, 1.54) is 23.1 Å². The van der Waals surface area contributed by atoms with Crippen LogP contribution in [0, 0.1) is 0 Å². The molecule has 2 heterocycles. The zero-order valence-corrected chi connectivity index (χ0v) is 16.0. The zero-order chi connectivity index (χ0) is 19.6. The van der Waals surface area contributed by atoms with Gasteiger partial charge in [0.05, 0.1) is 27.8 Å². The summed E-state index contributed by atoms with van der Waals surface area (Å²) in [4.78, 5) is 37.5. The molecule has 1 aromatic rings. The molecule has 2 saturated heterocycles. The predicted molar refractivity (Wildman–Crippen MR) is 98.5 cm³/mol. The Balaban J connectivity index is 1.58. The number of amides is 2. The minimum Gasteiger partial charge on any atom is -0.452 e. The number of ether oxygens (including phenoxy) is 1. The van der Waals surface area contributed by atoms with Crippen molar-refractivity contribution in [2.24, 2.45) is 0 Å². The third-order valence-electron chi connectivity index (χ3n) is 4.48. The first kappa shape index (κ1) is 19.6. The van der Waals surface area contributed by atoms with Crippen LogP contribution in [-0.2, 0) is 24.2 Å². The molecule has 2 aliphatic rings. The Morgan fingerprint density at radius 2 is 2.11 bits per heavy atom. The molecule has 0 spiro atoms. The van der Waals surface area contributed by atoms with Gasteiger partial charge in [0.25, 0.3) is 5.91 Å². The molecule has 0 saturated carbocycles. The summed E-state index contributed by atoms with van der Waals surface area (Å²) >= 11 is 6.13. The monoisotopic (exact) mass is 414 g/mol. The molecule has 27 heavy (non-hydrogen) atoms. The standard InChI is InChI=1S/C17H19ClN2O6S/c18-13-4-3-11(8-14(13)20-6-1-2-16(20)22)17(23)26-9-15(21)19-12-5-7-27(24,25)10-12/h3-4,8,12H,1-2,5-7,9-10H2,(H,19,21)/t12-/m0/s1. The van der Waals surface area contributed by atoms with Gasteiger partial charge in [0.1, 0.15) is 0 Å². The minimum atomic E-state index is -3.10. The van der Waals surface area contributed by atoms with E-state index in [2.05, 4.69) is 5.32 Å². The van der Waals surface area contributed by atoms with Gasteiger partial charge in [-0.2, -0.15) is 0 Å². The van der Waals surface area contributed by atoms with Crippen molar-refractivity contribution in [1.29, 1.82) is 0 Å². The van der Waals surface area contributed by atoms with Gasteiger partial charge < -0.3 is 15.0 Å². The number of hydrogen-bond donors (Lipinski definition) is 1. The number of carbonyl (C=O) groups excluding carboxylic acids is 3. The maximum absolute atomic E-state index is 12.2. The van der Waals surface area contributed by atoms with Gasteiger partial charge in [0.2, 0.25) is 5.91 Å². The van der Waals surface area contributed by atoms with Crippen molar-refractivity contribution in [1.82, 2.24) is 5.32 Å². The summed E-state index contributed by atoms with van der Waals surface area (Å²) in [5.41, 5.74) is 0.611. The lowest BCUT2D eigenvalue weighted by Crippen LogP contribution is -2.38. The summed E-state index contributed by atoms with van der Waals surface area (Å²) in [6.45, 7) is 0.0136. The van der Waals surface area contributed by atoms with E-state index >= 15 is 0 Å². The number of esters is 1. The highest BCUT2D eigenvalue weighted by atomic mass is 35.5. The summed E-state index contributed by atoms with van der Waals surface area (Å²) in [5, 5.41) is 2.89. The largest absolute Gasteiger partial charge is 0.452 e. The molecule has 0 unspecified atom stereocenters. The highest BCUT2D eigenvalue weighted by Crippen LogP contribution is 2.30. The number of sulfone groups is 1. The average Bonchev–Trinajstić information content (AvgIpc) is 3.18. The Morgan fingerprint density at radius 1 is 1.33 bits per heavy atom. The molecule has 1 atom stereocenters. The molecular weight excluding hydrogens is 396 g/mol. The molecule has 1 aromatic carbocycles. The summed E-state index contributed by atoms with van der Waals surface area (Å²) in [6, 6.07) is 3.97. The van der Waals surface area contributed by atoms with Crippen molar-refractivity contribution in [2.75, 3.05) is 29.6 Å². The number of anilines is 1. The van der Waals surface area contributed by atoms with Crippen molar-refractivity contribution >= 4 is 44.9 Å². The minimum absolute atomic E-state index is 0.0422. The SMILES string of the molecule is O=C(COC(=O)c1ccc(Cl)c(N2CCCC2=O)c1)N[C@H]1CCS(=O)(=O)C1. The van der Waals surface area contributed by atoms with E-state index in [4.69, 9.17) is 16.3 Å². The van der Waals surface area contributed by atoms with E-state index < -0.39 is 34.4 Å². The average molecular weight is 415 g/mol. The molecule has 1 N–H and O–H groups in total. The highest BCUT2D eigenvalue weighted by Gasteiger charge is 2.29. The van der Waals surface area contributed by atoms with E-state index in [9.17, 15) is 22.8 Å². The lowest BCUT2D eigenvalue weighted by molar-refractivity contribution is -0.124. The Kier molecular flexibility index (Phi) is 5.71. The van der Waals surface area contributed by atoms with Crippen molar-refractivity contribution in [3.63, 3.8) is 0 Å². The molecule has 0 bridgehead atoms. The predicted octanol–water partition coefficient (Wildman–Crippen LogP) is 0.927. The van der Waals surface area contributed by atoms with Crippen LogP contribution in [0.25, 0.3) is 0 Å². The summed E-state index contributed by atoms with van der Waals surface area (Å²) in [7, 11) is -3.10. The van der Waals surface area contributed by atoms with Gasteiger partial charge in [0, 0.05) is 19.0 Å². The van der Waals surface area contributed by atoms with E-state index in [1.807, 2.05) is 0 Å². The highest BCUT2D eigenvalue weighted by molar-refractivity contribution is 7.91. The van der Waals surface area contributed by atoms with E-state index in [0.717, 1.165) is 6.42 Å². The maximum atomic E-state index is 12.2. The summed E-state index contributed by atoms with van der Waals surface area (Å²) < 4.78 is 27.8. The van der Waals surface area contributed by atoms with Gasteiger partial charge >= 0.3 is 5.97 Å². The first-order valence-electron chi connectivity index (χ1n) is 8.52. The molecule has 2 aliphatic heterocycles. The third kappa shape index (κ3) is 4.78. The molecule has 10 heteroatoms. The summed E-state index contributed by atoms with van der Waals surface area (Å²) in [6.07, 6.45) is 1.51. The normalized spacial score (nSPS) is 21.3. The zero-order valence-electron chi connectivity index (χ0n) is 14.4. The number of hydrogen-bond acceptors (Lipinski definition) is 6. The molecule has 2 fully saturated rings. The van der Waals surface area contributed by atoms with Gasteiger partial charge in [-0.3, -0.25) is 9.59 Å². The fraction of sp³-hybridized carbons (Fsp3) is 0.471. The first-order chi connectivity index (χ1) is 12.7. The van der Waals surface area contributed by atoms with Crippen molar-refractivity contribution in [3.05, 3.63) is 28.8 Å². The Bertz CT molecular complexity index is 885. The van der Waals surface area contributed by atoms with Crippen LogP contribution >= 0.6 is 11.6 Å². The number of nitrogens with zero attached hydrogens (tertiary/aromatic N) is 1. The van der Waals surface area contributed by atoms with Crippen molar-refractivity contribution < 1.29 is 27.5 Å². The van der Waals surface area contributed by atoms with Crippen LogP contribution in [-0.4, -0.2) is 56.9 Å². The van der Waals surface area contributed by atoms with Crippen molar-refractivity contribution in [3.8, 4) is 0 Å². The summed E-state index contributed by atoms with van der Waals surface area (Å²) in [5.74, 6) is -1.41. The number of carbonyl (C=O) groups is 3. The number of rotatable bonds is 5. The van der Waals surface area contributed by atoms with E-state index in [-0.39, 0.29) is 23.0 Å². The second-order valence-corrected chi connectivity index (χ2v) is 9.19. The van der Waals surface area contributed by atoms with Crippen LogP contribution in [0.15, 0.2) is 18.2 Å². The third-order valence-corrected chi connectivity index (χ3v) is 6.57. The molecule has 0 aliphatic carbocycles. The van der Waals surface area contributed by atoms with Gasteiger partial charge in [-0.25, -0.2) is 13.2 Å². The fourth-order valence-electron chi connectivity index (χ4n) is 3.14. The maximum Gasteiger partial charge on any atom is 0.338 e. The number of nitrogens with one attached hydrogen (secondary N) is 1. The van der Waals surface area contributed by atoms with Crippen LogP contribution in [0.2, 0.25) is 5.02 Å². The molecule has 0 aromatic heterocycles. The Labute approximate surface area is 161 Å².